The van der Waals surface area contributed by atoms with Gasteiger partial charge in [-0.05, 0) is 59.3 Å². The van der Waals surface area contributed by atoms with Crippen molar-refractivity contribution in [1.82, 2.24) is 0 Å². The first-order valence-electron chi connectivity index (χ1n) is 5.95. The molecule has 20 heavy (non-hydrogen) atoms. The fourth-order valence-electron chi connectivity index (χ4n) is 1.74. The molecule has 0 saturated heterocycles. The van der Waals surface area contributed by atoms with Crippen LogP contribution in [0.3, 0.4) is 0 Å². The lowest BCUT2D eigenvalue weighted by molar-refractivity contribution is 0.103. The van der Waals surface area contributed by atoms with E-state index in [1.807, 2.05) is 19.1 Å². The van der Waals surface area contributed by atoms with Crippen molar-refractivity contribution in [2.24, 2.45) is 0 Å². The van der Waals surface area contributed by atoms with Crippen LogP contribution in [-0.4, -0.2) is 12.4 Å². The van der Waals surface area contributed by atoms with Crippen LogP contribution in [-0.2, 0) is 0 Å². The molecule has 0 spiro atoms. The molecule has 0 aromatic heterocycles. The van der Waals surface area contributed by atoms with Gasteiger partial charge in [0.1, 0.15) is 5.75 Å². The quantitative estimate of drug-likeness (QED) is 0.552. The number of halogens is 3. The van der Waals surface area contributed by atoms with Crippen molar-refractivity contribution in [2.45, 2.75) is 6.92 Å². The van der Waals surface area contributed by atoms with E-state index in [4.69, 9.17) is 4.74 Å². The van der Waals surface area contributed by atoms with E-state index in [0.717, 1.165) is 19.2 Å². The maximum absolute atomic E-state index is 12.5. The summed E-state index contributed by atoms with van der Waals surface area (Å²) in [6.07, 6.45) is 0. The van der Waals surface area contributed by atoms with E-state index in [-0.39, 0.29) is 5.78 Å². The fraction of sp³-hybridized carbons (Fsp3) is 0.133. The van der Waals surface area contributed by atoms with Gasteiger partial charge in [0.2, 0.25) is 0 Å². The summed E-state index contributed by atoms with van der Waals surface area (Å²) >= 11 is 10.2. The minimum Gasteiger partial charge on any atom is -0.493 e. The van der Waals surface area contributed by atoms with Crippen molar-refractivity contribution in [3.8, 4) is 5.75 Å². The van der Waals surface area contributed by atoms with Crippen LogP contribution in [0.1, 0.15) is 22.8 Å². The van der Waals surface area contributed by atoms with Crippen LogP contribution in [0.5, 0.6) is 5.75 Å². The Morgan fingerprint density at radius 3 is 2.45 bits per heavy atom. The van der Waals surface area contributed by atoms with Gasteiger partial charge in [-0.3, -0.25) is 4.79 Å². The summed E-state index contributed by atoms with van der Waals surface area (Å²) in [7, 11) is 0. The Morgan fingerprint density at radius 1 is 1.05 bits per heavy atom. The minimum atomic E-state index is -0.0399. The topological polar surface area (TPSA) is 26.3 Å². The summed E-state index contributed by atoms with van der Waals surface area (Å²) in [5.74, 6) is 0.694. The zero-order valence-corrected chi connectivity index (χ0v) is 15.4. The van der Waals surface area contributed by atoms with Gasteiger partial charge >= 0.3 is 0 Å². The van der Waals surface area contributed by atoms with Crippen molar-refractivity contribution in [3.05, 3.63) is 60.9 Å². The third-order valence-corrected chi connectivity index (χ3v) is 4.47. The van der Waals surface area contributed by atoms with Crippen LogP contribution in [0.4, 0.5) is 0 Å². The molecular weight excluding hydrogens is 452 g/mol. The molecule has 0 N–H and O–H groups in total. The van der Waals surface area contributed by atoms with E-state index >= 15 is 0 Å². The highest BCUT2D eigenvalue weighted by atomic mass is 79.9. The first kappa shape index (κ1) is 15.7. The lowest BCUT2D eigenvalue weighted by Gasteiger charge is -2.09. The maximum Gasteiger partial charge on any atom is 0.194 e. The molecule has 2 aromatic rings. The summed E-state index contributed by atoms with van der Waals surface area (Å²) in [5.41, 5.74) is 1.23. The molecule has 0 unspecified atom stereocenters. The molecule has 2 nitrogen and oxygen atoms in total. The van der Waals surface area contributed by atoms with E-state index in [9.17, 15) is 4.79 Å². The molecule has 0 aliphatic carbocycles. The number of carbonyl (C=O) groups is 1. The van der Waals surface area contributed by atoms with Crippen LogP contribution < -0.4 is 4.74 Å². The molecule has 0 atom stereocenters. The van der Waals surface area contributed by atoms with Crippen LogP contribution in [0, 0.1) is 0 Å². The molecule has 0 aliphatic heterocycles. The monoisotopic (exact) mass is 460 g/mol. The summed E-state index contributed by atoms with van der Waals surface area (Å²) in [6.45, 7) is 2.51. The van der Waals surface area contributed by atoms with Gasteiger partial charge in [0.25, 0.3) is 0 Å². The van der Waals surface area contributed by atoms with Crippen molar-refractivity contribution < 1.29 is 9.53 Å². The molecule has 0 saturated carbocycles. The molecule has 2 rings (SSSR count). The Labute approximate surface area is 142 Å². The Hall–Kier alpha value is -0.650. The Balaban J connectivity index is 2.38. The predicted octanol–water partition coefficient (Wildman–Crippen LogP) is 5.60. The molecule has 0 heterocycles. The number of benzene rings is 2. The zero-order chi connectivity index (χ0) is 14.7. The number of rotatable bonds is 4. The molecule has 5 heteroatoms. The molecule has 104 valence electrons. The van der Waals surface area contributed by atoms with E-state index in [2.05, 4.69) is 47.8 Å². The van der Waals surface area contributed by atoms with Gasteiger partial charge in [-0.25, -0.2) is 0 Å². The summed E-state index contributed by atoms with van der Waals surface area (Å²) in [5, 5.41) is 0. The lowest BCUT2D eigenvalue weighted by atomic mass is 10.0. The molecular formula is C15H11Br3O2. The van der Waals surface area contributed by atoms with E-state index in [1.165, 1.54) is 0 Å². The molecule has 0 amide bonds. The first-order chi connectivity index (χ1) is 9.52. The van der Waals surface area contributed by atoms with Crippen molar-refractivity contribution in [1.29, 1.82) is 0 Å². The van der Waals surface area contributed by atoms with Crippen LogP contribution in [0.15, 0.2) is 49.8 Å². The normalized spacial score (nSPS) is 10.4. The van der Waals surface area contributed by atoms with Gasteiger partial charge in [-0.15, -0.1) is 0 Å². The van der Waals surface area contributed by atoms with Crippen molar-refractivity contribution in [2.75, 3.05) is 6.61 Å². The molecule has 0 bridgehead atoms. The van der Waals surface area contributed by atoms with Crippen molar-refractivity contribution in [3.63, 3.8) is 0 Å². The average molecular weight is 463 g/mol. The average Bonchev–Trinajstić information content (AvgIpc) is 2.43. The molecule has 0 fully saturated rings. The second-order valence-corrected chi connectivity index (χ2v) is 6.66. The number of ether oxygens (including phenoxy) is 1. The number of ketones is 1. The standard InChI is InChI=1S/C15H11Br3O2/c1-2-20-14-6-3-9(7-13(14)18)15(19)11-8-10(16)4-5-12(11)17/h3-8H,2H2,1H3. The number of hydrogen-bond donors (Lipinski definition) is 0. The second kappa shape index (κ2) is 6.87. The largest absolute Gasteiger partial charge is 0.493 e. The van der Waals surface area contributed by atoms with Crippen LogP contribution >= 0.6 is 47.8 Å². The van der Waals surface area contributed by atoms with Crippen molar-refractivity contribution >= 4 is 53.6 Å². The predicted molar refractivity (Wildman–Crippen MR) is 90.6 cm³/mol. The highest BCUT2D eigenvalue weighted by molar-refractivity contribution is 9.11. The summed E-state index contributed by atoms with van der Waals surface area (Å²) in [6, 6.07) is 10.9. The Kier molecular flexibility index (Phi) is 5.41. The number of hydrogen-bond acceptors (Lipinski definition) is 2. The van der Waals surface area contributed by atoms with E-state index in [1.54, 1.807) is 24.3 Å². The van der Waals surface area contributed by atoms with Gasteiger partial charge in [0.15, 0.2) is 5.78 Å². The van der Waals surface area contributed by atoms with Gasteiger partial charge in [0.05, 0.1) is 11.1 Å². The van der Waals surface area contributed by atoms with Gasteiger partial charge < -0.3 is 4.74 Å². The highest BCUT2D eigenvalue weighted by Gasteiger charge is 2.14. The SMILES string of the molecule is CCOc1ccc(C(=O)c2cc(Br)ccc2Br)cc1Br. The summed E-state index contributed by atoms with van der Waals surface area (Å²) in [4.78, 5) is 12.5. The lowest BCUT2D eigenvalue weighted by Crippen LogP contribution is -2.03. The first-order valence-corrected chi connectivity index (χ1v) is 8.33. The Bertz CT molecular complexity index is 654. The zero-order valence-electron chi connectivity index (χ0n) is 10.6. The van der Waals surface area contributed by atoms with Crippen LogP contribution in [0.2, 0.25) is 0 Å². The number of carbonyl (C=O) groups excluding carboxylic acids is 1. The van der Waals surface area contributed by atoms with Gasteiger partial charge in [-0.2, -0.15) is 0 Å². The van der Waals surface area contributed by atoms with Gasteiger partial charge in [-0.1, -0.05) is 31.9 Å². The molecule has 0 aliphatic rings. The maximum atomic E-state index is 12.5. The summed E-state index contributed by atoms with van der Waals surface area (Å²) < 4.78 is 7.86. The third-order valence-electron chi connectivity index (χ3n) is 2.67. The second-order valence-electron chi connectivity index (χ2n) is 4.03. The van der Waals surface area contributed by atoms with Crippen LogP contribution in [0.25, 0.3) is 0 Å². The fourth-order valence-corrected chi connectivity index (χ4v) is 3.02. The third kappa shape index (κ3) is 3.51. The highest BCUT2D eigenvalue weighted by Crippen LogP contribution is 2.29. The minimum absolute atomic E-state index is 0.0399. The van der Waals surface area contributed by atoms with Gasteiger partial charge in [0, 0.05) is 20.1 Å². The molecule has 2 aromatic carbocycles. The smallest absolute Gasteiger partial charge is 0.194 e. The molecule has 0 radical (unpaired) electrons. The van der Waals surface area contributed by atoms with E-state index in [0.29, 0.717) is 17.7 Å². The van der Waals surface area contributed by atoms with E-state index < -0.39 is 0 Å². The Morgan fingerprint density at radius 2 is 1.80 bits per heavy atom.